The first-order valence-corrected chi connectivity index (χ1v) is 13.2. The van der Waals surface area contributed by atoms with E-state index >= 15 is 0 Å². The van der Waals surface area contributed by atoms with Gasteiger partial charge in [-0.05, 0) is 76.6 Å². The molecule has 2 aliphatic rings. The van der Waals surface area contributed by atoms with Crippen molar-refractivity contribution < 1.29 is 0 Å². The standard InChI is InChI=1S/C31H26S2/c1-20-25-19-23(12-13-24(25)21(2)31(3)18-8-7-11-26(20)31)28-15-17-30(33-28)29-16-14-27(32-29)22-9-5-4-6-10-22/h4-19,21H,1-3H3. The highest BCUT2D eigenvalue weighted by Gasteiger charge is 2.39. The van der Waals surface area contributed by atoms with E-state index in [4.69, 9.17) is 0 Å². The molecule has 0 nitrogen and oxygen atoms in total. The van der Waals surface area contributed by atoms with Crippen LogP contribution >= 0.6 is 22.7 Å². The molecule has 2 atom stereocenters. The Morgan fingerprint density at radius 3 is 2.12 bits per heavy atom. The third-order valence-electron chi connectivity index (χ3n) is 7.42. The molecule has 33 heavy (non-hydrogen) atoms. The van der Waals surface area contributed by atoms with Gasteiger partial charge in [0.25, 0.3) is 0 Å². The topological polar surface area (TPSA) is 0 Å². The molecule has 6 rings (SSSR count). The van der Waals surface area contributed by atoms with Crippen molar-refractivity contribution >= 4 is 28.2 Å². The van der Waals surface area contributed by atoms with Gasteiger partial charge in [-0.1, -0.05) is 80.6 Å². The van der Waals surface area contributed by atoms with Gasteiger partial charge in [0.1, 0.15) is 0 Å². The molecule has 2 aliphatic carbocycles. The molecular weight excluding hydrogens is 436 g/mol. The van der Waals surface area contributed by atoms with Crippen molar-refractivity contribution in [2.75, 3.05) is 0 Å². The smallest absolute Gasteiger partial charge is 0.0449 e. The summed E-state index contributed by atoms with van der Waals surface area (Å²) < 4.78 is 0. The van der Waals surface area contributed by atoms with E-state index < -0.39 is 0 Å². The summed E-state index contributed by atoms with van der Waals surface area (Å²) in [5.74, 6) is 0.461. The molecule has 2 unspecified atom stereocenters. The lowest BCUT2D eigenvalue weighted by atomic mass is 9.61. The molecule has 0 radical (unpaired) electrons. The largest absolute Gasteiger partial charge is 0.134 e. The Balaban J connectivity index is 1.36. The highest BCUT2D eigenvalue weighted by atomic mass is 32.1. The minimum Gasteiger partial charge on any atom is -0.134 e. The van der Waals surface area contributed by atoms with Crippen LogP contribution in [0, 0.1) is 5.41 Å². The Labute approximate surface area is 204 Å². The lowest BCUT2D eigenvalue weighted by Gasteiger charge is -2.42. The van der Waals surface area contributed by atoms with E-state index in [1.54, 1.807) is 0 Å². The van der Waals surface area contributed by atoms with Crippen molar-refractivity contribution in [2.45, 2.75) is 26.7 Å². The summed E-state index contributed by atoms with van der Waals surface area (Å²) in [5, 5.41) is 0. The lowest BCUT2D eigenvalue weighted by Crippen LogP contribution is -2.29. The lowest BCUT2D eigenvalue weighted by molar-refractivity contribution is 0.425. The Hall–Kier alpha value is -2.94. The van der Waals surface area contributed by atoms with E-state index in [0.29, 0.717) is 5.92 Å². The Kier molecular flexibility index (Phi) is 4.90. The molecule has 0 spiro atoms. The summed E-state index contributed by atoms with van der Waals surface area (Å²) in [4.78, 5) is 5.33. The van der Waals surface area contributed by atoms with Gasteiger partial charge in [0, 0.05) is 24.9 Å². The van der Waals surface area contributed by atoms with Gasteiger partial charge in [-0.15, -0.1) is 22.7 Å². The second kappa shape index (κ2) is 7.83. The zero-order valence-electron chi connectivity index (χ0n) is 19.1. The first-order valence-electron chi connectivity index (χ1n) is 11.5. The van der Waals surface area contributed by atoms with Crippen molar-refractivity contribution in [3.05, 3.63) is 114 Å². The van der Waals surface area contributed by atoms with Gasteiger partial charge in [0.15, 0.2) is 0 Å². The van der Waals surface area contributed by atoms with Crippen molar-refractivity contribution in [2.24, 2.45) is 5.41 Å². The fourth-order valence-corrected chi connectivity index (χ4v) is 7.42. The summed E-state index contributed by atoms with van der Waals surface area (Å²) in [6.07, 6.45) is 9.07. The SMILES string of the molecule is CC1=C2C=CC=CC2(C)C(C)c2ccc(-c3ccc(-c4ccc(-c5ccccc5)s4)s3)cc21. The summed E-state index contributed by atoms with van der Waals surface area (Å²) in [6, 6.07) is 26.8. The maximum absolute atomic E-state index is 2.42. The molecule has 0 fully saturated rings. The van der Waals surface area contributed by atoms with Crippen LogP contribution in [-0.2, 0) is 0 Å². The molecule has 0 N–H and O–H groups in total. The average Bonchev–Trinajstić information content (AvgIpc) is 3.53. The van der Waals surface area contributed by atoms with E-state index in [2.05, 4.69) is 118 Å². The fourth-order valence-electron chi connectivity index (χ4n) is 5.32. The molecule has 2 aromatic carbocycles. The molecule has 0 saturated heterocycles. The minimum atomic E-state index is 0.0824. The third kappa shape index (κ3) is 3.32. The van der Waals surface area contributed by atoms with Gasteiger partial charge in [-0.25, -0.2) is 0 Å². The van der Waals surface area contributed by atoms with Crippen LogP contribution in [0.1, 0.15) is 37.8 Å². The Bertz CT molecular complexity index is 1440. The van der Waals surface area contributed by atoms with Gasteiger partial charge in [-0.3, -0.25) is 0 Å². The van der Waals surface area contributed by atoms with Crippen LogP contribution in [0.2, 0.25) is 0 Å². The summed E-state index contributed by atoms with van der Waals surface area (Å²) in [6.45, 7) is 7.05. The Morgan fingerprint density at radius 2 is 1.39 bits per heavy atom. The van der Waals surface area contributed by atoms with Crippen LogP contribution in [0.15, 0.2) is 103 Å². The van der Waals surface area contributed by atoms with Crippen LogP contribution in [0.25, 0.3) is 36.2 Å². The van der Waals surface area contributed by atoms with Crippen molar-refractivity contribution in [3.63, 3.8) is 0 Å². The molecule has 0 bridgehead atoms. The van der Waals surface area contributed by atoms with Gasteiger partial charge in [0.05, 0.1) is 0 Å². The predicted octanol–water partition coefficient (Wildman–Crippen LogP) is 9.83. The normalized spacial score (nSPS) is 21.2. The molecular formula is C31H26S2. The summed E-state index contributed by atoms with van der Waals surface area (Å²) in [5.41, 5.74) is 8.43. The molecule has 162 valence electrons. The molecule has 2 heterocycles. The number of allylic oxidation sites excluding steroid dienone is 6. The zero-order valence-corrected chi connectivity index (χ0v) is 20.8. The van der Waals surface area contributed by atoms with Gasteiger partial charge in [0.2, 0.25) is 0 Å². The molecule has 0 aliphatic heterocycles. The van der Waals surface area contributed by atoms with Crippen LogP contribution in [-0.4, -0.2) is 0 Å². The number of rotatable bonds is 3. The quantitative estimate of drug-likeness (QED) is 0.284. The van der Waals surface area contributed by atoms with Crippen LogP contribution in [0.3, 0.4) is 0 Å². The van der Waals surface area contributed by atoms with Crippen molar-refractivity contribution in [3.8, 4) is 30.6 Å². The first-order chi connectivity index (χ1) is 16.0. The van der Waals surface area contributed by atoms with E-state index in [1.165, 1.54) is 52.9 Å². The number of hydrogen-bond acceptors (Lipinski definition) is 2. The number of fused-ring (bicyclic) bond motifs is 2. The predicted molar refractivity (Wildman–Crippen MR) is 146 cm³/mol. The van der Waals surface area contributed by atoms with Gasteiger partial charge in [-0.2, -0.15) is 0 Å². The van der Waals surface area contributed by atoms with E-state index in [-0.39, 0.29) is 5.41 Å². The monoisotopic (exact) mass is 462 g/mol. The molecule has 2 aromatic heterocycles. The first kappa shape index (κ1) is 20.7. The second-order valence-corrected chi connectivity index (χ2v) is 11.4. The van der Waals surface area contributed by atoms with Crippen molar-refractivity contribution in [1.82, 2.24) is 0 Å². The number of thiophene rings is 2. The second-order valence-electron chi connectivity index (χ2n) is 9.26. The summed E-state index contributed by atoms with van der Waals surface area (Å²) >= 11 is 3.76. The van der Waals surface area contributed by atoms with Crippen LogP contribution < -0.4 is 0 Å². The highest BCUT2D eigenvalue weighted by molar-refractivity contribution is 7.25. The molecule has 4 aromatic rings. The highest BCUT2D eigenvalue weighted by Crippen LogP contribution is 2.53. The molecule has 0 saturated carbocycles. The number of hydrogen-bond donors (Lipinski definition) is 0. The van der Waals surface area contributed by atoms with E-state index in [0.717, 1.165) is 0 Å². The fraction of sp³-hybridized carbons (Fsp3) is 0.161. The van der Waals surface area contributed by atoms with E-state index in [1.807, 2.05) is 22.7 Å². The van der Waals surface area contributed by atoms with E-state index in [9.17, 15) is 0 Å². The molecule has 2 heteroatoms. The Morgan fingerprint density at radius 1 is 0.727 bits per heavy atom. The minimum absolute atomic E-state index is 0.0824. The van der Waals surface area contributed by atoms with Crippen LogP contribution in [0.5, 0.6) is 0 Å². The third-order valence-corrected chi connectivity index (χ3v) is 9.89. The van der Waals surface area contributed by atoms with Crippen LogP contribution in [0.4, 0.5) is 0 Å². The maximum atomic E-state index is 2.42. The van der Waals surface area contributed by atoms with Gasteiger partial charge >= 0.3 is 0 Å². The summed E-state index contributed by atoms with van der Waals surface area (Å²) in [7, 11) is 0. The zero-order chi connectivity index (χ0) is 22.6. The number of benzene rings is 2. The van der Waals surface area contributed by atoms with Crippen molar-refractivity contribution in [1.29, 1.82) is 0 Å². The average molecular weight is 463 g/mol. The van der Waals surface area contributed by atoms with Gasteiger partial charge < -0.3 is 0 Å². The molecule has 0 amide bonds. The maximum Gasteiger partial charge on any atom is 0.0449 e.